The lowest BCUT2D eigenvalue weighted by molar-refractivity contribution is -0.147. The van der Waals surface area contributed by atoms with Gasteiger partial charge in [-0.15, -0.1) is 0 Å². The van der Waals surface area contributed by atoms with Crippen LogP contribution in [-0.2, 0) is 11.3 Å². The molecule has 2 rings (SSSR count). The third kappa shape index (κ3) is 2.87. The van der Waals surface area contributed by atoms with Gasteiger partial charge in [-0.05, 0) is 53.5 Å². The molecule has 3 nitrogen and oxygen atoms in total. The number of aliphatic carboxylic acids is 1. The summed E-state index contributed by atoms with van der Waals surface area (Å²) in [6.07, 6.45) is 0.701. The van der Waals surface area contributed by atoms with Crippen molar-refractivity contribution in [3.8, 4) is 0 Å². The molecule has 1 N–H and O–H groups in total. The molecule has 1 heterocycles. The average Bonchev–Trinajstić information content (AvgIpc) is 2.67. The smallest absolute Gasteiger partial charge is 0.310 e. The molecule has 0 amide bonds. The van der Waals surface area contributed by atoms with Gasteiger partial charge < -0.3 is 5.11 Å². The van der Waals surface area contributed by atoms with Crippen molar-refractivity contribution in [2.24, 2.45) is 5.41 Å². The minimum absolute atomic E-state index is 0.593. The van der Waals surface area contributed by atoms with E-state index in [9.17, 15) is 9.90 Å². The predicted octanol–water partition coefficient (Wildman–Crippen LogP) is 3.40. The van der Waals surface area contributed by atoms with Crippen LogP contribution in [0.15, 0.2) is 22.7 Å². The first-order valence-corrected chi connectivity index (χ1v) is 6.97. The number of likely N-dealkylation sites (tertiary alicyclic amines) is 1. The fourth-order valence-corrected chi connectivity index (χ4v) is 2.71. The van der Waals surface area contributed by atoms with E-state index < -0.39 is 11.4 Å². The van der Waals surface area contributed by atoms with Crippen molar-refractivity contribution in [2.45, 2.75) is 19.9 Å². The van der Waals surface area contributed by atoms with Gasteiger partial charge in [0.15, 0.2) is 0 Å². The number of carboxylic acids is 1. The maximum Gasteiger partial charge on any atom is 0.310 e. The van der Waals surface area contributed by atoms with Crippen LogP contribution >= 0.6 is 27.5 Å². The highest BCUT2D eigenvalue weighted by Crippen LogP contribution is 2.31. The summed E-state index contributed by atoms with van der Waals surface area (Å²) in [6, 6.07) is 5.85. The number of halogens is 2. The topological polar surface area (TPSA) is 40.5 Å². The second-order valence-electron chi connectivity index (χ2n) is 5.07. The molecule has 98 valence electrons. The minimum atomic E-state index is -0.709. The van der Waals surface area contributed by atoms with Gasteiger partial charge in [0, 0.05) is 17.6 Å². The van der Waals surface area contributed by atoms with Crippen molar-refractivity contribution in [2.75, 3.05) is 13.1 Å². The zero-order valence-corrected chi connectivity index (χ0v) is 12.5. The lowest BCUT2D eigenvalue weighted by Gasteiger charge is -2.20. The van der Waals surface area contributed by atoms with E-state index in [0.29, 0.717) is 18.0 Å². The van der Waals surface area contributed by atoms with E-state index in [1.165, 1.54) is 0 Å². The molecule has 1 aliphatic heterocycles. The van der Waals surface area contributed by atoms with Gasteiger partial charge in [0.25, 0.3) is 0 Å². The monoisotopic (exact) mass is 331 g/mol. The molecule has 1 aromatic rings. The van der Waals surface area contributed by atoms with Crippen molar-refractivity contribution in [1.82, 2.24) is 4.90 Å². The summed E-state index contributed by atoms with van der Waals surface area (Å²) < 4.78 is 0.879. The van der Waals surface area contributed by atoms with Gasteiger partial charge in [-0.25, -0.2) is 0 Å². The van der Waals surface area contributed by atoms with Crippen molar-refractivity contribution >= 4 is 33.5 Å². The second kappa shape index (κ2) is 5.19. The number of hydrogen-bond acceptors (Lipinski definition) is 2. The number of nitrogens with zero attached hydrogens (tertiary/aromatic N) is 1. The molecule has 0 aliphatic carbocycles. The molecule has 1 aliphatic rings. The number of carbonyl (C=O) groups is 1. The molecule has 0 radical (unpaired) electrons. The molecule has 1 aromatic carbocycles. The molecule has 0 saturated carbocycles. The molecule has 1 unspecified atom stereocenters. The maximum absolute atomic E-state index is 11.2. The molecule has 0 spiro atoms. The quantitative estimate of drug-likeness (QED) is 0.922. The van der Waals surface area contributed by atoms with Crippen LogP contribution in [0, 0.1) is 5.41 Å². The Morgan fingerprint density at radius 1 is 1.61 bits per heavy atom. The first kappa shape index (κ1) is 13.8. The summed E-state index contributed by atoms with van der Waals surface area (Å²) in [4.78, 5) is 13.3. The highest BCUT2D eigenvalue weighted by Gasteiger charge is 2.40. The number of carboxylic acid groups (broad SMARTS) is 1. The van der Waals surface area contributed by atoms with Gasteiger partial charge in [-0.2, -0.15) is 0 Å². The third-order valence-electron chi connectivity index (χ3n) is 3.46. The first-order chi connectivity index (χ1) is 8.40. The van der Waals surface area contributed by atoms with E-state index >= 15 is 0 Å². The lowest BCUT2D eigenvalue weighted by Crippen LogP contribution is -2.31. The normalized spacial score (nSPS) is 24.4. The SMILES string of the molecule is CC1(C(=O)O)CCN(Cc2ccc(Br)c(Cl)c2)C1. The second-order valence-corrected chi connectivity index (χ2v) is 6.34. The van der Waals surface area contributed by atoms with Crippen molar-refractivity contribution < 1.29 is 9.90 Å². The maximum atomic E-state index is 11.2. The molecule has 5 heteroatoms. The molecular weight excluding hydrogens is 318 g/mol. The highest BCUT2D eigenvalue weighted by atomic mass is 79.9. The molecule has 0 bridgehead atoms. The van der Waals surface area contributed by atoms with E-state index in [2.05, 4.69) is 20.8 Å². The van der Waals surface area contributed by atoms with Crippen LogP contribution in [0.2, 0.25) is 5.02 Å². The fourth-order valence-electron chi connectivity index (χ4n) is 2.26. The van der Waals surface area contributed by atoms with E-state index in [4.69, 9.17) is 11.6 Å². The van der Waals surface area contributed by atoms with Crippen LogP contribution in [0.4, 0.5) is 0 Å². The molecular formula is C13H15BrClNO2. The Hall–Kier alpha value is -0.580. The van der Waals surface area contributed by atoms with Crippen LogP contribution in [-0.4, -0.2) is 29.1 Å². The van der Waals surface area contributed by atoms with Crippen molar-refractivity contribution in [1.29, 1.82) is 0 Å². The Kier molecular flexibility index (Phi) is 3.99. The van der Waals surface area contributed by atoms with E-state index in [-0.39, 0.29) is 0 Å². The number of benzene rings is 1. The Morgan fingerprint density at radius 3 is 2.89 bits per heavy atom. The molecule has 0 aromatic heterocycles. The van der Waals surface area contributed by atoms with Crippen LogP contribution < -0.4 is 0 Å². The van der Waals surface area contributed by atoms with Gasteiger partial charge in [-0.1, -0.05) is 17.7 Å². The predicted molar refractivity (Wildman–Crippen MR) is 74.8 cm³/mol. The first-order valence-electron chi connectivity index (χ1n) is 5.80. The summed E-state index contributed by atoms with van der Waals surface area (Å²) in [5.74, 6) is -0.709. The van der Waals surface area contributed by atoms with Gasteiger partial charge >= 0.3 is 5.97 Å². The van der Waals surface area contributed by atoms with Gasteiger partial charge in [0.1, 0.15) is 0 Å². The summed E-state index contributed by atoms with van der Waals surface area (Å²) in [7, 11) is 0. The standard InChI is InChI=1S/C13H15BrClNO2/c1-13(12(17)18)4-5-16(8-13)7-9-2-3-10(14)11(15)6-9/h2-3,6H,4-5,7-8H2,1H3,(H,17,18). The Balaban J connectivity index is 2.03. The molecule has 1 saturated heterocycles. The Morgan fingerprint density at radius 2 is 2.33 bits per heavy atom. The highest BCUT2D eigenvalue weighted by molar-refractivity contribution is 9.10. The summed E-state index contributed by atoms with van der Waals surface area (Å²) in [5, 5.41) is 9.87. The summed E-state index contributed by atoms with van der Waals surface area (Å²) >= 11 is 9.40. The fraction of sp³-hybridized carbons (Fsp3) is 0.462. The largest absolute Gasteiger partial charge is 0.481 e. The number of rotatable bonds is 3. The van der Waals surface area contributed by atoms with Crippen LogP contribution in [0.1, 0.15) is 18.9 Å². The van der Waals surface area contributed by atoms with Crippen LogP contribution in [0.3, 0.4) is 0 Å². The summed E-state index contributed by atoms with van der Waals surface area (Å²) in [5.41, 5.74) is 0.497. The van der Waals surface area contributed by atoms with Gasteiger partial charge in [0.2, 0.25) is 0 Å². The average molecular weight is 333 g/mol. The van der Waals surface area contributed by atoms with Crippen molar-refractivity contribution in [3.63, 3.8) is 0 Å². The zero-order valence-electron chi connectivity index (χ0n) is 10.1. The zero-order chi connectivity index (χ0) is 13.3. The third-order valence-corrected chi connectivity index (χ3v) is 4.69. The van der Waals surface area contributed by atoms with E-state index in [1.54, 1.807) is 0 Å². The van der Waals surface area contributed by atoms with E-state index in [1.807, 2.05) is 25.1 Å². The van der Waals surface area contributed by atoms with Crippen LogP contribution in [0.5, 0.6) is 0 Å². The van der Waals surface area contributed by atoms with Crippen LogP contribution in [0.25, 0.3) is 0 Å². The molecule has 1 atom stereocenters. The lowest BCUT2D eigenvalue weighted by atomic mass is 9.90. The summed E-state index contributed by atoms with van der Waals surface area (Å²) in [6.45, 7) is 3.96. The van der Waals surface area contributed by atoms with Crippen molar-refractivity contribution in [3.05, 3.63) is 33.3 Å². The minimum Gasteiger partial charge on any atom is -0.481 e. The van der Waals surface area contributed by atoms with E-state index in [0.717, 1.165) is 23.1 Å². The van der Waals surface area contributed by atoms with Gasteiger partial charge in [0.05, 0.1) is 10.4 Å². The Bertz CT molecular complexity index is 480. The Labute approximate surface area is 120 Å². The van der Waals surface area contributed by atoms with Gasteiger partial charge in [-0.3, -0.25) is 9.69 Å². The molecule has 18 heavy (non-hydrogen) atoms. The molecule has 1 fully saturated rings. The number of hydrogen-bond donors (Lipinski definition) is 1.